The van der Waals surface area contributed by atoms with Gasteiger partial charge in [-0.25, -0.2) is 9.48 Å². The average molecular weight is 513 g/mol. The Bertz CT molecular complexity index is 1490. The van der Waals surface area contributed by atoms with Crippen molar-refractivity contribution in [2.45, 2.75) is 6.92 Å². The Kier molecular flexibility index (Phi) is 8.13. The van der Waals surface area contributed by atoms with Crippen molar-refractivity contribution in [1.82, 2.24) is 9.78 Å². The van der Waals surface area contributed by atoms with Crippen LogP contribution in [0.15, 0.2) is 66.7 Å². The van der Waals surface area contributed by atoms with E-state index in [0.717, 1.165) is 22.5 Å². The molecule has 0 saturated heterocycles. The number of benzene rings is 3. The molecule has 3 aromatic carbocycles. The summed E-state index contributed by atoms with van der Waals surface area (Å²) in [6.45, 7) is 2.07. The summed E-state index contributed by atoms with van der Waals surface area (Å²) in [5, 5.41) is 24.9. The molecule has 8 heteroatoms. The van der Waals surface area contributed by atoms with Gasteiger partial charge in [0.2, 0.25) is 0 Å². The fourth-order valence-electron chi connectivity index (χ4n) is 3.76. The molecule has 0 bridgehead atoms. The van der Waals surface area contributed by atoms with Gasteiger partial charge in [0, 0.05) is 0 Å². The zero-order chi connectivity index (χ0) is 27.1. The molecular formula is C30H28N2O6. The summed E-state index contributed by atoms with van der Waals surface area (Å²) in [4.78, 5) is 12.1. The molecule has 2 N–H and O–H groups in total. The normalized spacial score (nSPS) is 11.2. The van der Waals surface area contributed by atoms with Gasteiger partial charge < -0.3 is 24.4 Å². The van der Waals surface area contributed by atoms with Crippen LogP contribution in [0, 0.1) is 0 Å². The highest BCUT2D eigenvalue weighted by molar-refractivity contribution is 5.89. The summed E-state index contributed by atoms with van der Waals surface area (Å²) in [5.41, 5.74) is 4.19. The third-order valence-corrected chi connectivity index (χ3v) is 5.68. The Balaban J connectivity index is 1.68. The van der Waals surface area contributed by atoms with E-state index in [0.29, 0.717) is 29.4 Å². The van der Waals surface area contributed by atoms with E-state index in [1.165, 1.54) is 14.2 Å². The maximum atomic E-state index is 12.1. The molecule has 0 atom stereocenters. The van der Waals surface area contributed by atoms with Crippen LogP contribution < -0.4 is 9.47 Å². The predicted octanol–water partition coefficient (Wildman–Crippen LogP) is 5.82. The molecule has 4 aromatic rings. The number of hydrogen-bond donors (Lipinski definition) is 2. The standard InChI is InChI=1S/C30H28N2O6/c1-4-38-30(35)22-9-13-24(14-10-22)32-25(12-6-21-8-16-29(37-3)27(34)18-21)19-23(31-32)11-5-20-7-15-28(36-2)26(33)17-20/h5-19,33-34H,4H2,1-3H3/b11-5+,12-6+. The van der Waals surface area contributed by atoms with E-state index in [2.05, 4.69) is 0 Å². The fraction of sp³-hybridized carbons (Fsp3) is 0.133. The van der Waals surface area contributed by atoms with E-state index in [-0.39, 0.29) is 17.5 Å². The first-order valence-electron chi connectivity index (χ1n) is 11.9. The molecule has 0 saturated carbocycles. The quantitative estimate of drug-likeness (QED) is 0.273. The third-order valence-electron chi connectivity index (χ3n) is 5.68. The van der Waals surface area contributed by atoms with Crippen molar-refractivity contribution < 1.29 is 29.2 Å². The zero-order valence-corrected chi connectivity index (χ0v) is 21.3. The van der Waals surface area contributed by atoms with E-state index < -0.39 is 0 Å². The van der Waals surface area contributed by atoms with Gasteiger partial charge in [-0.2, -0.15) is 5.10 Å². The summed E-state index contributed by atoms with van der Waals surface area (Å²) >= 11 is 0. The second-order valence-corrected chi connectivity index (χ2v) is 8.20. The van der Waals surface area contributed by atoms with E-state index in [9.17, 15) is 15.0 Å². The summed E-state index contributed by atoms with van der Waals surface area (Å²) < 4.78 is 17.0. The molecule has 0 fully saturated rings. The van der Waals surface area contributed by atoms with E-state index in [1.54, 1.807) is 60.1 Å². The number of carbonyl (C=O) groups excluding carboxylic acids is 1. The smallest absolute Gasteiger partial charge is 0.338 e. The van der Waals surface area contributed by atoms with Crippen LogP contribution in [0.3, 0.4) is 0 Å². The number of hydrogen-bond acceptors (Lipinski definition) is 7. The summed E-state index contributed by atoms with van der Waals surface area (Å²) in [6.07, 6.45) is 7.41. The minimum Gasteiger partial charge on any atom is -0.504 e. The van der Waals surface area contributed by atoms with Crippen LogP contribution in [0.1, 0.15) is 39.8 Å². The van der Waals surface area contributed by atoms with Crippen LogP contribution in [0.2, 0.25) is 0 Å². The first kappa shape index (κ1) is 26.1. The van der Waals surface area contributed by atoms with Crippen LogP contribution in [0.5, 0.6) is 23.0 Å². The summed E-state index contributed by atoms with van der Waals surface area (Å²) in [5.74, 6) is 0.503. The van der Waals surface area contributed by atoms with Gasteiger partial charge in [-0.05, 0) is 84.8 Å². The van der Waals surface area contributed by atoms with Crippen molar-refractivity contribution in [3.8, 4) is 28.7 Å². The maximum Gasteiger partial charge on any atom is 0.338 e. The number of phenolic OH excluding ortho intramolecular Hbond substituents is 2. The number of aromatic hydroxyl groups is 2. The number of methoxy groups -OCH3 is 2. The van der Waals surface area contributed by atoms with Gasteiger partial charge in [0.1, 0.15) is 0 Å². The molecule has 38 heavy (non-hydrogen) atoms. The molecule has 0 amide bonds. The van der Waals surface area contributed by atoms with Gasteiger partial charge in [-0.3, -0.25) is 0 Å². The Morgan fingerprint density at radius 3 is 1.92 bits per heavy atom. The lowest BCUT2D eigenvalue weighted by Crippen LogP contribution is -2.05. The molecule has 8 nitrogen and oxygen atoms in total. The van der Waals surface area contributed by atoms with Crippen molar-refractivity contribution in [2.24, 2.45) is 0 Å². The first-order valence-corrected chi connectivity index (χ1v) is 11.9. The fourth-order valence-corrected chi connectivity index (χ4v) is 3.76. The Hall–Kier alpha value is -4.98. The van der Waals surface area contributed by atoms with Gasteiger partial charge in [-0.1, -0.05) is 24.3 Å². The first-order chi connectivity index (χ1) is 18.4. The predicted molar refractivity (Wildman–Crippen MR) is 147 cm³/mol. The molecule has 0 radical (unpaired) electrons. The second-order valence-electron chi connectivity index (χ2n) is 8.20. The number of rotatable bonds is 9. The molecule has 4 rings (SSSR count). The summed E-state index contributed by atoms with van der Waals surface area (Å²) in [7, 11) is 3.00. The Morgan fingerprint density at radius 2 is 1.39 bits per heavy atom. The van der Waals surface area contributed by atoms with E-state index in [4.69, 9.17) is 19.3 Å². The summed E-state index contributed by atoms with van der Waals surface area (Å²) in [6, 6.07) is 19.2. The largest absolute Gasteiger partial charge is 0.504 e. The number of esters is 1. The van der Waals surface area contributed by atoms with Crippen LogP contribution in [0.4, 0.5) is 0 Å². The minimum absolute atomic E-state index is 0.0454. The van der Waals surface area contributed by atoms with Gasteiger partial charge in [-0.15, -0.1) is 0 Å². The van der Waals surface area contributed by atoms with Gasteiger partial charge >= 0.3 is 5.97 Å². The molecule has 0 aliphatic carbocycles. The Labute approximate surface area is 220 Å². The van der Waals surface area contributed by atoms with Gasteiger partial charge in [0.15, 0.2) is 23.0 Å². The van der Waals surface area contributed by atoms with Gasteiger partial charge in [0.05, 0.1) is 43.5 Å². The molecule has 1 heterocycles. The highest BCUT2D eigenvalue weighted by Crippen LogP contribution is 2.28. The molecule has 0 spiro atoms. The highest BCUT2D eigenvalue weighted by Gasteiger charge is 2.10. The number of carbonyl (C=O) groups is 1. The van der Waals surface area contributed by atoms with Crippen molar-refractivity contribution in [3.63, 3.8) is 0 Å². The zero-order valence-electron chi connectivity index (χ0n) is 21.3. The molecule has 0 aliphatic rings. The van der Waals surface area contributed by atoms with Crippen molar-refractivity contribution in [1.29, 1.82) is 0 Å². The SMILES string of the molecule is CCOC(=O)c1ccc(-n2nc(/C=C/c3ccc(OC)c(O)c3)cc2/C=C/c2ccc(OC)c(O)c2)cc1. The average Bonchev–Trinajstić information content (AvgIpc) is 3.34. The highest BCUT2D eigenvalue weighted by atomic mass is 16.5. The number of nitrogens with zero attached hydrogens (tertiary/aromatic N) is 2. The van der Waals surface area contributed by atoms with Crippen molar-refractivity contribution in [2.75, 3.05) is 20.8 Å². The van der Waals surface area contributed by atoms with E-state index >= 15 is 0 Å². The molecule has 0 aliphatic heterocycles. The van der Waals surface area contributed by atoms with Crippen molar-refractivity contribution >= 4 is 30.3 Å². The van der Waals surface area contributed by atoms with Crippen LogP contribution in [-0.4, -0.2) is 46.8 Å². The van der Waals surface area contributed by atoms with E-state index in [1.807, 2.05) is 42.5 Å². The molecule has 1 aromatic heterocycles. The van der Waals surface area contributed by atoms with Crippen LogP contribution >= 0.6 is 0 Å². The topological polar surface area (TPSA) is 103 Å². The van der Waals surface area contributed by atoms with Crippen molar-refractivity contribution in [3.05, 3.63) is 94.8 Å². The lowest BCUT2D eigenvalue weighted by molar-refractivity contribution is 0.0526. The third kappa shape index (κ3) is 6.04. The molecule has 194 valence electrons. The molecule has 0 unspecified atom stereocenters. The number of ether oxygens (including phenoxy) is 3. The monoisotopic (exact) mass is 512 g/mol. The second kappa shape index (κ2) is 11.8. The minimum atomic E-state index is -0.384. The maximum absolute atomic E-state index is 12.1. The van der Waals surface area contributed by atoms with Crippen LogP contribution in [-0.2, 0) is 4.74 Å². The lowest BCUT2D eigenvalue weighted by Gasteiger charge is -2.07. The number of phenols is 2. The van der Waals surface area contributed by atoms with Gasteiger partial charge in [0.25, 0.3) is 0 Å². The number of aromatic nitrogens is 2. The Morgan fingerprint density at radius 1 is 0.816 bits per heavy atom. The molecular weight excluding hydrogens is 484 g/mol. The lowest BCUT2D eigenvalue weighted by atomic mass is 10.1. The van der Waals surface area contributed by atoms with Crippen LogP contribution in [0.25, 0.3) is 30.0 Å².